The first-order valence-electron chi connectivity index (χ1n) is 10.4. The third kappa shape index (κ3) is 6.27. The molecular weight excluding hydrogens is 434 g/mol. The highest BCUT2D eigenvalue weighted by Gasteiger charge is 2.33. The summed E-state index contributed by atoms with van der Waals surface area (Å²) < 4.78 is 45.9. The molecular formula is C23H31NO7S. The molecule has 1 aliphatic rings. The lowest BCUT2D eigenvalue weighted by Gasteiger charge is -2.30. The minimum absolute atomic E-state index is 0.0578. The molecule has 1 fully saturated rings. The summed E-state index contributed by atoms with van der Waals surface area (Å²) >= 11 is 0. The number of sulfone groups is 1. The maximum atomic E-state index is 12.1. The Morgan fingerprint density at radius 3 is 2.28 bits per heavy atom. The van der Waals surface area contributed by atoms with Crippen molar-refractivity contribution in [1.29, 1.82) is 0 Å². The number of rotatable bonds is 11. The molecule has 1 saturated heterocycles. The van der Waals surface area contributed by atoms with Crippen LogP contribution in [0.15, 0.2) is 42.5 Å². The monoisotopic (exact) mass is 465 g/mol. The Balaban J connectivity index is 1.71. The molecule has 9 heteroatoms. The van der Waals surface area contributed by atoms with Gasteiger partial charge in [-0.3, -0.25) is 4.90 Å². The van der Waals surface area contributed by atoms with E-state index in [1.165, 1.54) is 0 Å². The van der Waals surface area contributed by atoms with Crippen LogP contribution < -0.4 is 18.9 Å². The molecule has 2 atom stereocenters. The van der Waals surface area contributed by atoms with Crippen LogP contribution >= 0.6 is 0 Å². The number of methoxy groups -OCH3 is 3. The first kappa shape index (κ1) is 24.2. The molecule has 0 spiro atoms. The molecule has 2 aromatic rings. The van der Waals surface area contributed by atoms with Crippen molar-refractivity contribution in [2.45, 2.75) is 25.1 Å². The summed E-state index contributed by atoms with van der Waals surface area (Å²) in [6.45, 7) is 0.790. The summed E-state index contributed by atoms with van der Waals surface area (Å²) in [5.74, 6) is 2.60. The molecule has 1 heterocycles. The van der Waals surface area contributed by atoms with Crippen LogP contribution in [0.3, 0.4) is 0 Å². The van der Waals surface area contributed by atoms with E-state index in [0.29, 0.717) is 36.0 Å². The molecule has 0 aromatic heterocycles. The molecule has 0 aliphatic carbocycles. The summed E-state index contributed by atoms with van der Waals surface area (Å²) in [5, 5.41) is 10.7. The van der Waals surface area contributed by atoms with Gasteiger partial charge in [0.1, 0.15) is 12.7 Å². The Morgan fingerprint density at radius 2 is 1.66 bits per heavy atom. The Labute approximate surface area is 189 Å². The van der Waals surface area contributed by atoms with Crippen molar-refractivity contribution in [2.75, 3.05) is 46.0 Å². The van der Waals surface area contributed by atoms with Crippen LogP contribution in [-0.2, 0) is 16.4 Å². The molecule has 2 aromatic carbocycles. The number of aliphatic hydroxyl groups is 1. The first-order chi connectivity index (χ1) is 15.3. The van der Waals surface area contributed by atoms with Crippen molar-refractivity contribution in [2.24, 2.45) is 0 Å². The fraction of sp³-hybridized carbons (Fsp3) is 0.478. The molecule has 1 aliphatic heterocycles. The zero-order valence-corrected chi connectivity index (χ0v) is 19.5. The van der Waals surface area contributed by atoms with Crippen LogP contribution in [0.5, 0.6) is 23.0 Å². The van der Waals surface area contributed by atoms with Crippen LogP contribution in [0.25, 0.3) is 0 Å². The number of nitrogens with zero attached hydrogens (tertiary/aromatic N) is 1. The van der Waals surface area contributed by atoms with E-state index in [1.54, 1.807) is 33.5 Å². The van der Waals surface area contributed by atoms with Crippen molar-refractivity contribution in [3.63, 3.8) is 0 Å². The van der Waals surface area contributed by atoms with Gasteiger partial charge in [0.2, 0.25) is 0 Å². The standard InChI is InChI=1S/C23H31NO7S/c1-28-20-6-4-5-7-22(20)31-15-19(25)14-24(18-10-11-32(26,27)16-18)13-17-8-9-21(29-2)23(12-17)30-3/h4-9,12,18-19,25H,10-11,13-16H2,1-3H3. The maximum Gasteiger partial charge on any atom is 0.161 e. The van der Waals surface area contributed by atoms with Gasteiger partial charge >= 0.3 is 0 Å². The molecule has 176 valence electrons. The average molecular weight is 466 g/mol. The van der Waals surface area contributed by atoms with Gasteiger partial charge in [-0.1, -0.05) is 18.2 Å². The van der Waals surface area contributed by atoms with Crippen molar-refractivity contribution >= 4 is 9.84 Å². The quantitative estimate of drug-likeness (QED) is 0.540. The third-order valence-electron chi connectivity index (χ3n) is 5.50. The summed E-state index contributed by atoms with van der Waals surface area (Å²) in [6, 6.07) is 12.7. The third-order valence-corrected chi connectivity index (χ3v) is 7.25. The van der Waals surface area contributed by atoms with Gasteiger partial charge < -0.3 is 24.1 Å². The van der Waals surface area contributed by atoms with Gasteiger partial charge in [0.25, 0.3) is 0 Å². The number of para-hydroxylation sites is 2. The Hall–Kier alpha value is -2.49. The first-order valence-corrected chi connectivity index (χ1v) is 12.3. The molecule has 0 bridgehead atoms. The van der Waals surface area contributed by atoms with Crippen LogP contribution in [0.1, 0.15) is 12.0 Å². The van der Waals surface area contributed by atoms with Gasteiger partial charge in [-0.05, 0) is 36.2 Å². The second-order valence-corrected chi connectivity index (χ2v) is 10.0. The van der Waals surface area contributed by atoms with E-state index >= 15 is 0 Å². The summed E-state index contributed by atoms with van der Waals surface area (Å²) in [7, 11) is 1.63. The highest BCUT2D eigenvalue weighted by atomic mass is 32.2. The van der Waals surface area contributed by atoms with Gasteiger partial charge in [-0.2, -0.15) is 0 Å². The summed E-state index contributed by atoms with van der Waals surface area (Å²) in [6.07, 6.45) is -0.279. The number of hydrogen-bond donors (Lipinski definition) is 1. The van der Waals surface area contributed by atoms with Gasteiger partial charge in [0.05, 0.1) is 32.8 Å². The Morgan fingerprint density at radius 1 is 1.00 bits per heavy atom. The van der Waals surface area contributed by atoms with E-state index in [1.807, 2.05) is 35.2 Å². The Kier molecular flexibility index (Phi) is 8.22. The maximum absolute atomic E-state index is 12.1. The van der Waals surface area contributed by atoms with Gasteiger partial charge in [0.15, 0.2) is 32.8 Å². The van der Waals surface area contributed by atoms with Crippen LogP contribution in [0.2, 0.25) is 0 Å². The molecule has 32 heavy (non-hydrogen) atoms. The SMILES string of the molecule is COc1ccc(CN(CC(O)COc2ccccc2OC)C2CCS(=O)(=O)C2)cc1OC. The zero-order chi connectivity index (χ0) is 23.1. The minimum atomic E-state index is -3.07. The van der Waals surface area contributed by atoms with E-state index in [2.05, 4.69) is 0 Å². The molecule has 2 unspecified atom stereocenters. The van der Waals surface area contributed by atoms with Crippen molar-refractivity contribution < 1.29 is 32.5 Å². The van der Waals surface area contributed by atoms with E-state index in [9.17, 15) is 13.5 Å². The number of hydrogen-bond acceptors (Lipinski definition) is 8. The fourth-order valence-electron chi connectivity index (χ4n) is 3.87. The lowest BCUT2D eigenvalue weighted by molar-refractivity contribution is 0.0517. The highest BCUT2D eigenvalue weighted by Crippen LogP contribution is 2.29. The number of benzene rings is 2. The molecule has 1 N–H and O–H groups in total. The summed E-state index contributed by atoms with van der Waals surface area (Å²) in [4.78, 5) is 2.00. The lowest BCUT2D eigenvalue weighted by Crippen LogP contribution is -2.42. The normalized spacial score (nSPS) is 18.3. The second-order valence-electron chi connectivity index (χ2n) is 7.79. The van der Waals surface area contributed by atoms with Crippen molar-refractivity contribution in [1.82, 2.24) is 4.90 Å². The topological polar surface area (TPSA) is 94.5 Å². The van der Waals surface area contributed by atoms with Gasteiger partial charge in [-0.15, -0.1) is 0 Å². The van der Waals surface area contributed by atoms with Gasteiger partial charge in [-0.25, -0.2) is 8.42 Å². The summed E-state index contributed by atoms with van der Waals surface area (Å²) in [5.41, 5.74) is 0.935. The van der Waals surface area contributed by atoms with Crippen LogP contribution in [0, 0.1) is 0 Å². The van der Waals surface area contributed by atoms with Crippen LogP contribution in [0.4, 0.5) is 0 Å². The molecule has 0 radical (unpaired) electrons. The zero-order valence-electron chi connectivity index (χ0n) is 18.7. The molecule has 8 nitrogen and oxygen atoms in total. The molecule has 0 amide bonds. The predicted octanol–water partition coefficient (Wildman–Crippen LogP) is 2.14. The minimum Gasteiger partial charge on any atom is -0.493 e. The van der Waals surface area contributed by atoms with E-state index in [0.717, 1.165) is 5.56 Å². The predicted molar refractivity (Wildman–Crippen MR) is 122 cm³/mol. The second kappa shape index (κ2) is 10.9. The number of ether oxygens (including phenoxy) is 4. The molecule has 3 rings (SSSR count). The van der Waals surface area contributed by atoms with E-state index in [4.69, 9.17) is 18.9 Å². The van der Waals surface area contributed by atoms with Crippen molar-refractivity contribution in [3.8, 4) is 23.0 Å². The van der Waals surface area contributed by atoms with Crippen LogP contribution in [-0.4, -0.2) is 76.6 Å². The van der Waals surface area contributed by atoms with E-state index in [-0.39, 0.29) is 30.7 Å². The van der Waals surface area contributed by atoms with Crippen molar-refractivity contribution in [3.05, 3.63) is 48.0 Å². The molecule has 0 saturated carbocycles. The van der Waals surface area contributed by atoms with Gasteiger partial charge in [0, 0.05) is 19.1 Å². The highest BCUT2D eigenvalue weighted by molar-refractivity contribution is 7.91. The van der Waals surface area contributed by atoms with E-state index < -0.39 is 15.9 Å². The Bertz CT molecular complexity index is 996. The largest absolute Gasteiger partial charge is 0.493 e. The number of aliphatic hydroxyl groups excluding tert-OH is 1. The fourth-order valence-corrected chi connectivity index (χ4v) is 5.63. The smallest absolute Gasteiger partial charge is 0.161 e. The average Bonchev–Trinajstić information content (AvgIpc) is 3.16. The lowest BCUT2D eigenvalue weighted by atomic mass is 10.1.